The molecule has 3 nitrogen and oxygen atoms in total. The normalized spacial score (nSPS) is 10.4. The summed E-state index contributed by atoms with van der Waals surface area (Å²) >= 11 is 1.80. The molecule has 28 heavy (non-hydrogen) atoms. The smallest absolute Gasteiger partial charge is 0.407 e. The standard InChI is InChI=1S/C24H19NO2S/c26-24(27-17-19-9-2-1-3-10-19)25-15-7-6-8-18-13-14-23-21(16-18)20-11-4-5-12-22(20)28-23/h1-5,9-14,16H,7,15,17H2,(H,25,26). The molecule has 4 aromatic rings. The molecule has 0 bridgehead atoms. The van der Waals surface area contributed by atoms with Crippen molar-refractivity contribution in [3.63, 3.8) is 0 Å². The summed E-state index contributed by atoms with van der Waals surface area (Å²) in [4.78, 5) is 11.7. The molecule has 1 amide bonds. The first-order chi connectivity index (χ1) is 13.8. The van der Waals surface area contributed by atoms with Gasteiger partial charge in [-0.05, 0) is 29.8 Å². The van der Waals surface area contributed by atoms with Crippen molar-refractivity contribution >= 4 is 37.6 Å². The van der Waals surface area contributed by atoms with E-state index in [1.807, 2.05) is 36.4 Å². The minimum Gasteiger partial charge on any atom is -0.445 e. The van der Waals surface area contributed by atoms with Crippen molar-refractivity contribution in [2.45, 2.75) is 13.0 Å². The molecule has 1 N–H and O–H groups in total. The third kappa shape index (κ3) is 4.33. The maximum Gasteiger partial charge on any atom is 0.407 e. The number of hydrogen-bond acceptors (Lipinski definition) is 3. The molecule has 0 radical (unpaired) electrons. The van der Waals surface area contributed by atoms with Crippen LogP contribution in [0.4, 0.5) is 4.79 Å². The van der Waals surface area contributed by atoms with Crippen LogP contribution in [-0.2, 0) is 11.3 Å². The summed E-state index contributed by atoms with van der Waals surface area (Å²) in [5, 5.41) is 5.24. The average molecular weight is 385 g/mol. The zero-order chi connectivity index (χ0) is 19.2. The van der Waals surface area contributed by atoms with Crippen LogP contribution in [-0.4, -0.2) is 12.6 Å². The molecule has 1 heterocycles. The number of rotatable bonds is 4. The minimum atomic E-state index is -0.420. The summed E-state index contributed by atoms with van der Waals surface area (Å²) < 4.78 is 7.74. The van der Waals surface area contributed by atoms with Crippen molar-refractivity contribution in [2.75, 3.05) is 6.54 Å². The van der Waals surface area contributed by atoms with Gasteiger partial charge in [-0.25, -0.2) is 4.79 Å². The molecule has 1 aromatic heterocycles. The summed E-state index contributed by atoms with van der Waals surface area (Å²) in [5.41, 5.74) is 1.96. The number of carbonyl (C=O) groups excluding carboxylic acids is 1. The lowest BCUT2D eigenvalue weighted by molar-refractivity contribution is 0.140. The van der Waals surface area contributed by atoms with Crippen LogP contribution in [0, 0.1) is 11.8 Å². The highest BCUT2D eigenvalue weighted by Gasteiger charge is 2.04. The van der Waals surface area contributed by atoms with Gasteiger partial charge in [0, 0.05) is 38.7 Å². The van der Waals surface area contributed by atoms with E-state index in [1.54, 1.807) is 11.3 Å². The zero-order valence-electron chi connectivity index (χ0n) is 15.3. The van der Waals surface area contributed by atoms with E-state index < -0.39 is 6.09 Å². The molecule has 0 atom stereocenters. The molecule has 0 aliphatic heterocycles. The van der Waals surface area contributed by atoms with E-state index in [-0.39, 0.29) is 6.61 Å². The minimum absolute atomic E-state index is 0.271. The topological polar surface area (TPSA) is 38.3 Å². The third-order valence-electron chi connectivity index (χ3n) is 4.34. The van der Waals surface area contributed by atoms with Crippen molar-refractivity contribution in [3.05, 3.63) is 83.9 Å². The van der Waals surface area contributed by atoms with Crippen molar-refractivity contribution in [1.82, 2.24) is 5.32 Å². The Balaban J connectivity index is 1.30. The summed E-state index contributed by atoms with van der Waals surface area (Å²) in [7, 11) is 0. The molecule has 0 fully saturated rings. The summed E-state index contributed by atoms with van der Waals surface area (Å²) in [6.45, 7) is 0.733. The molecular weight excluding hydrogens is 366 g/mol. The second-order valence-corrected chi connectivity index (χ2v) is 7.43. The van der Waals surface area contributed by atoms with Gasteiger partial charge in [0.1, 0.15) is 6.61 Å². The van der Waals surface area contributed by atoms with Crippen molar-refractivity contribution in [3.8, 4) is 11.8 Å². The van der Waals surface area contributed by atoms with E-state index in [0.29, 0.717) is 13.0 Å². The van der Waals surface area contributed by atoms with Crippen molar-refractivity contribution < 1.29 is 9.53 Å². The molecular formula is C24H19NO2S. The first-order valence-electron chi connectivity index (χ1n) is 9.14. The Kier molecular flexibility index (Phi) is 5.56. The van der Waals surface area contributed by atoms with E-state index in [9.17, 15) is 4.79 Å². The van der Waals surface area contributed by atoms with Crippen molar-refractivity contribution in [1.29, 1.82) is 0 Å². The maximum atomic E-state index is 11.7. The fourth-order valence-electron chi connectivity index (χ4n) is 2.97. The molecule has 4 rings (SSSR count). The van der Waals surface area contributed by atoms with Gasteiger partial charge < -0.3 is 10.1 Å². The fraction of sp³-hybridized carbons (Fsp3) is 0.125. The van der Waals surface area contributed by atoms with Gasteiger partial charge in [0.15, 0.2) is 0 Å². The lowest BCUT2D eigenvalue weighted by atomic mass is 10.1. The molecule has 138 valence electrons. The quantitative estimate of drug-likeness (QED) is 0.360. The average Bonchev–Trinajstić information content (AvgIpc) is 3.11. The fourth-order valence-corrected chi connectivity index (χ4v) is 4.06. The number of hydrogen-bond donors (Lipinski definition) is 1. The molecule has 0 aliphatic carbocycles. The lowest BCUT2D eigenvalue weighted by Crippen LogP contribution is -2.24. The van der Waals surface area contributed by atoms with Crippen molar-refractivity contribution in [2.24, 2.45) is 0 Å². The molecule has 0 saturated carbocycles. The number of fused-ring (bicyclic) bond motifs is 3. The first-order valence-corrected chi connectivity index (χ1v) is 9.96. The predicted octanol–water partition coefficient (Wildman–Crippen LogP) is 5.72. The van der Waals surface area contributed by atoms with Gasteiger partial charge in [-0.3, -0.25) is 0 Å². The second-order valence-electron chi connectivity index (χ2n) is 6.35. The molecule has 0 aliphatic rings. The molecule has 4 heteroatoms. The zero-order valence-corrected chi connectivity index (χ0v) is 16.1. The first kappa shape index (κ1) is 18.1. The highest BCUT2D eigenvalue weighted by atomic mass is 32.1. The Hall–Kier alpha value is -3.29. The van der Waals surface area contributed by atoms with Gasteiger partial charge in [0.05, 0.1) is 0 Å². The van der Waals surface area contributed by atoms with E-state index in [2.05, 4.69) is 53.6 Å². The Bertz CT molecular complexity index is 1170. The molecule has 0 saturated heterocycles. The van der Waals surface area contributed by atoms with Crippen LogP contribution in [0.5, 0.6) is 0 Å². The van der Waals surface area contributed by atoms with Gasteiger partial charge in [0.2, 0.25) is 0 Å². The number of ether oxygens (including phenoxy) is 1. The highest BCUT2D eigenvalue weighted by molar-refractivity contribution is 7.25. The van der Waals surface area contributed by atoms with Crippen LogP contribution in [0.2, 0.25) is 0 Å². The van der Waals surface area contributed by atoms with E-state index in [1.165, 1.54) is 20.2 Å². The van der Waals surface area contributed by atoms with Crippen LogP contribution < -0.4 is 5.32 Å². The molecule has 0 unspecified atom stereocenters. The summed E-state index contributed by atoms with van der Waals surface area (Å²) in [6, 6.07) is 24.4. The number of alkyl carbamates (subject to hydrolysis) is 1. The van der Waals surface area contributed by atoms with E-state index in [4.69, 9.17) is 4.74 Å². The highest BCUT2D eigenvalue weighted by Crippen LogP contribution is 2.33. The second kappa shape index (κ2) is 8.60. The van der Waals surface area contributed by atoms with Gasteiger partial charge >= 0.3 is 6.09 Å². The van der Waals surface area contributed by atoms with E-state index in [0.717, 1.165) is 11.1 Å². The summed E-state index contributed by atoms with van der Waals surface area (Å²) in [5.74, 6) is 6.30. The molecule has 0 spiro atoms. The lowest BCUT2D eigenvalue weighted by Gasteiger charge is -2.05. The third-order valence-corrected chi connectivity index (χ3v) is 5.49. The number of carbonyl (C=O) groups is 1. The predicted molar refractivity (Wildman–Crippen MR) is 115 cm³/mol. The van der Waals surface area contributed by atoms with Crippen LogP contribution in [0.3, 0.4) is 0 Å². The van der Waals surface area contributed by atoms with Gasteiger partial charge in [-0.2, -0.15) is 0 Å². The number of benzene rings is 3. The Morgan fingerprint density at radius 2 is 1.71 bits per heavy atom. The molecule has 3 aromatic carbocycles. The Labute approximate surface area is 168 Å². The van der Waals surface area contributed by atoms with Crippen LogP contribution in [0.25, 0.3) is 20.2 Å². The van der Waals surface area contributed by atoms with Gasteiger partial charge in [0.25, 0.3) is 0 Å². The number of thiophene rings is 1. The Morgan fingerprint density at radius 1 is 0.929 bits per heavy atom. The summed E-state index contributed by atoms with van der Waals surface area (Å²) in [6.07, 6.45) is 0.153. The van der Waals surface area contributed by atoms with Gasteiger partial charge in [-0.15, -0.1) is 11.3 Å². The number of amides is 1. The monoisotopic (exact) mass is 385 g/mol. The largest absolute Gasteiger partial charge is 0.445 e. The maximum absolute atomic E-state index is 11.7. The SMILES string of the molecule is O=C(NCCC#Cc1ccc2sc3ccccc3c2c1)OCc1ccccc1. The van der Waals surface area contributed by atoms with Crippen LogP contribution in [0.15, 0.2) is 72.8 Å². The Morgan fingerprint density at radius 3 is 2.61 bits per heavy atom. The van der Waals surface area contributed by atoms with Crippen LogP contribution >= 0.6 is 11.3 Å². The van der Waals surface area contributed by atoms with Crippen LogP contribution in [0.1, 0.15) is 17.5 Å². The van der Waals surface area contributed by atoms with E-state index >= 15 is 0 Å². The van der Waals surface area contributed by atoms with Gasteiger partial charge in [-0.1, -0.05) is 60.4 Å². The number of nitrogens with one attached hydrogen (secondary N) is 1.